The Balaban J connectivity index is 1.44. The van der Waals surface area contributed by atoms with Crippen molar-refractivity contribution in [2.75, 3.05) is 30.8 Å². The van der Waals surface area contributed by atoms with Gasteiger partial charge in [-0.15, -0.1) is 11.3 Å². The molecule has 1 aromatic carbocycles. The molecular formula is C22H25N5O4S2. The number of piperidine rings is 1. The molecule has 5 rings (SSSR count). The zero-order valence-electron chi connectivity index (χ0n) is 18.3. The number of hydrogen-bond acceptors (Lipinski definition) is 6. The van der Waals surface area contributed by atoms with Gasteiger partial charge < -0.3 is 4.90 Å². The minimum Gasteiger partial charge on any atom is -0.310 e. The lowest BCUT2D eigenvalue weighted by Crippen LogP contribution is -2.37. The largest absolute Gasteiger partial charge is 0.351 e. The molecule has 9 nitrogen and oxygen atoms in total. The lowest BCUT2D eigenvalue weighted by molar-refractivity contribution is -0.119. The fourth-order valence-corrected chi connectivity index (χ4v) is 6.26. The van der Waals surface area contributed by atoms with Gasteiger partial charge in [-0.05, 0) is 48.4 Å². The third-order valence-corrected chi connectivity index (χ3v) is 8.51. The molecule has 33 heavy (non-hydrogen) atoms. The molecule has 0 aliphatic carbocycles. The van der Waals surface area contributed by atoms with Crippen molar-refractivity contribution >= 4 is 33.0 Å². The van der Waals surface area contributed by atoms with Gasteiger partial charge in [0.15, 0.2) is 0 Å². The third kappa shape index (κ3) is 4.16. The van der Waals surface area contributed by atoms with Crippen molar-refractivity contribution in [3.63, 3.8) is 0 Å². The van der Waals surface area contributed by atoms with E-state index in [1.807, 2.05) is 41.8 Å². The molecule has 2 aliphatic heterocycles. The molecule has 0 saturated carbocycles. The first-order chi connectivity index (χ1) is 15.8. The Hall–Kier alpha value is -2.76. The molecule has 0 spiro atoms. The van der Waals surface area contributed by atoms with Crippen LogP contribution in [0.4, 0.5) is 5.69 Å². The molecule has 3 aromatic rings. The number of benzene rings is 1. The number of anilines is 1. The molecule has 0 unspecified atom stereocenters. The van der Waals surface area contributed by atoms with Crippen LogP contribution in [0, 0.1) is 0 Å². The molecule has 0 bridgehead atoms. The summed E-state index contributed by atoms with van der Waals surface area (Å²) in [5.41, 5.74) is 1.67. The quantitative estimate of drug-likeness (QED) is 0.547. The van der Waals surface area contributed by atoms with E-state index in [1.54, 1.807) is 9.47 Å². The van der Waals surface area contributed by atoms with Gasteiger partial charge >= 0.3 is 5.69 Å². The normalized spacial score (nSPS) is 17.4. The van der Waals surface area contributed by atoms with Crippen LogP contribution in [0.15, 0.2) is 46.6 Å². The average Bonchev–Trinajstić information content (AvgIpc) is 3.53. The predicted octanol–water partition coefficient (Wildman–Crippen LogP) is 1.82. The summed E-state index contributed by atoms with van der Waals surface area (Å²) in [6.45, 7) is 1.23. The van der Waals surface area contributed by atoms with E-state index >= 15 is 0 Å². The molecule has 1 saturated heterocycles. The minimum absolute atomic E-state index is 0.0679. The highest BCUT2D eigenvalue weighted by atomic mass is 32.2. The summed E-state index contributed by atoms with van der Waals surface area (Å²) in [7, 11) is -3.25. The minimum atomic E-state index is -3.25. The zero-order chi connectivity index (χ0) is 23.2. The van der Waals surface area contributed by atoms with E-state index in [1.165, 1.54) is 26.6 Å². The number of amides is 1. The van der Waals surface area contributed by atoms with Gasteiger partial charge in [0.1, 0.15) is 17.4 Å². The fraction of sp³-hybridized carbons (Fsp3) is 0.409. The number of carbonyl (C=O) groups excluding carboxylic acids is 1. The van der Waals surface area contributed by atoms with E-state index in [0.717, 1.165) is 22.7 Å². The van der Waals surface area contributed by atoms with Crippen molar-refractivity contribution in [1.29, 1.82) is 0 Å². The second-order valence-electron chi connectivity index (χ2n) is 8.45. The Kier molecular flexibility index (Phi) is 5.71. The molecule has 1 fully saturated rings. The van der Waals surface area contributed by atoms with Gasteiger partial charge in [0, 0.05) is 31.2 Å². The monoisotopic (exact) mass is 487 g/mol. The number of fused-ring (bicyclic) bond motifs is 1. The smallest absolute Gasteiger partial charge is 0.310 e. The summed E-state index contributed by atoms with van der Waals surface area (Å²) in [5.74, 6) is 0.350. The standard InChI is InChI=1S/C22H25N5O4S2/c1-33(30,31)24-11-8-17(9-12-24)21-23-26(22(29)27(21)20-7-4-14-32-20)15-19(28)25-13-10-16-5-2-3-6-18(16)25/h2-7,14,17H,8-13,15H2,1H3. The summed E-state index contributed by atoms with van der Waals surface area (Å²) in [5, 5.41) is 7.23. The number of carbonyl (C=O) groups is 1. The van der Waals surface area contributed by atoms with Crippen LogP contribution in [0.2, 0.25) is 0 Å². The highest BCUT2D eigenvalue weighted by molar-refractivity contribution is 7.88. The Morgan fingerprint density at radius 2 is 1.88 bits per heavy atom. The van der Waals surface area contributed by atoms with E-state index in [-0.39, 0.29) is 24.1 Å². The van der Waals surface area contributed by atoms with E-state index in [2.05, 4.69) is 5.10 Å². The van der Waals surface area contributed by atoms with E-state index in [9.17, 15) is 18.0 Å². The van der Waals surface area contributed by atoms with E-state index in [0.29, 0.717) is 38.3 Å². The van der Waals surface area contributed by atoms with Gasteiger partial charge in [-0.1, -0.05) is 18.2 Å². The SMILES string of the molecule is CS(=O)(=O)N1CCC(c2nn(CC(=O)N3CCc4ccccc43)c(=O)n2-c2cccs2)CC1. The highest BCUT2D eigenvalue weighted by Gasteiger charge is 2.32. The maximum atomic E-state index is 13.3. The lowest BCUT2D eigenvalue weighted by Gasteiger charge is -2.29. The van der Waals surface area contributed by atoms with Crippen molar-refractivity contribution in [2.45, 2.75) is 31.7 Å². The van der Waals surface area contributed by atoms with E-state index in [4.69, 9.17) is 0 Å². The summed E-state index contributed by atoms with van der Waals surface area (Å²) in [6.07, 6.45) is 3.15. The molecule has 2 aromatic heterocycles. The first-order valence-electron chi connectivity index (χ1n) is 10.9. The number of rotatable bonds is 5. The van der Waals surface area contributed by atoms with Crippen LogP contribution in [0.1, 0.15) is 30.1 Å². The van der Waals surface area contributed by atoms with Crippen LogP contribution in [0.3, 0.4) is 0 Å². The molecule has 174 valence electrons. The maximum Gasteiger partial charge on any atom is 0.351 e. The molecule has 0 atom stereocenters. The van der Waals surface area contributed by atoms with Crippen molar-refractivity contribution < 1.29 is 13.2 Å². The molecule has 0 radical (unpaired) electrons. The van der Waals surface area contributed by atoms with Gasteiger partial charge in [-0.3, -0.25) is 4.79 Å². The van der Waals surface area contributed by atoms with Gasteiger partial charge in [-0.2, -0.15) is 5.10 Å². The van der Waals surface area contributed by atoms with Crippen LogP contribution in [-0.4, -0.2) is 58.9 Å². The van der Waals surface area contributed by atoms with E-state index < -0.39 is 10.0 Å². The first kappa shape index (κ1) is 22.1. The zero-order valence-corrected chi connectivity index (χ0v) is 19.9. The van der Waals surface area contributed by atoms with Crippen LogP contribution >= 0.6 is 11.3 Å². The van der Waals surface area contributed by atoms with Gasteiger partial charge in [0.05, 0.1) is 6.26 Å². The Morgan fingerprint density at radius 3 is 2.58 bits per heavy atom. The number of aromatic nitrogens is 3. The Bertz CT molecular complexity index is 1340. The van der Waals surface area contributed by atoms with Crippen LogP contribution in [0.25, 0.3) is 5.00 Å². The second kappa shape index (κ2) is 8.54. The van der Waals surface area contributed by atoms with Gasteiger partial charge in [0.2, 0.25) is 15.9 Å². The second-order valence-corrected chi connectivity index (χ2v) is 11.4. The van der Waals surface area contributed by atoms with Crippen molar-refractivity contribution in [3.05, 3.63) is 63.7 Å². The average molecular weight is 488 g/mol. The van der Waals surface area contributed by atoms with Crippen LogP contribution < -0.4 is 10.6 Å². The number of nitrogens with zero attached hydrogens (tertiary/aromatic N) is 5. The van der Waals surface area contributed by atoms with Crippen molar-refractivity contribution in [3.8, 4) is 5.00 Å². The highest BCUT2D eigenvalue weighted by Crippen LogP contribution is 2.30. The van der Waals surface area contributed by atoms with Crippen molar-refractivity contribution in [2.24, 2.45) is 0 Å². The van der Waals surface area contributed by atoms with Crippen molar-refractivity contribution in [1.82, 2.24) is 18.7 Å². The van der Waals surface area contributed by atoms with Gasteiger partial charge in [-0.25, -0.2) is 26.8 Å². The molecule has 4 heterocycles. The summed E-state index contributed by atoms with van der Waals surface area (Å²) >= 11 is 1.43. The number of hydrogen-bond donors (Lipinski definition) is 0. The molecule has 2 aliphatic rings. The summed E-state index contributed by atoms with van der Waals surface area (Å²) in [4.78, 5) is 28.2. The number of sulfonamides is 1. The first-order valence-corrected chi connectivity index (χ1v) is 13.6. The molecule has 11 heteroatoms. The number of para-hydroxylation sites is 1. The molecule has 0 N–H and O–H groups in total. The lowest BCUT2D eigenvalue weighted by atomic mass is 9.97. The van der Waals surface area contributed by atoms with Gasteiger partial charge in [0.25, 0.3) is 0 Å². The Morgan fingerprint density at radius 1 is 1.12 bits per heavy atom. The molecular weight excluding hydrogens is 462 g/mol. The predicted molar refractivity (Wildman–Crippen MR) is 127 cm³/mol. The molecule has 1 amide bonds. The summed E-state index contributed by atoms with van der Waals surface area (Å²) < 4.78 is 28.1. The number of thiophene rings is 1. The fourth-order valence-electron chi connectivity index (χ4n) is 4.65. The summed E-state index contributed by atoms with van der Waals surface area (Å²) in [6, 6.07) is 11.5. The van der Waals surface area contributed by atoms with Crippen LogP contribution in [-0.2, 0) is 27.8 Å². The third-order valence-electron chi connectivity index (χ3n) is 6.35. The Labute approximate surface area is 195 Å². The van der Waals surface area contributed by atoms with Crippen LogP contribution in [0.5, 0.6) is 0 Å². The topological polar surface area (TPSA) is 97.5 Å². The maximum absolute atomic E-state index is 13.3.